The molecule has 0 unspecified atom stereocenters. The summed E-state index contributed by atoms with van der Waals surface area (Å²) in [7, 11) is 3.72. The Morgan fingerprint density at radius 1 is 1.15 bits per heavy atom. The molecule has 0 saturated carbocycles. The van der Waals surface area contributed by atoms with Crippen molar-refractivity contribution in [3.8, 4) is 0 Å². The number of carbonyl (C=O) groups excluding carboxylic acids is 2. The van der Waals surface area contributed by atoms with Crippen LogP contribution in [0, 0.1) is 11.8 Å². The summed E-state index contributed by atoms with van der Waals surface area (Å²) >= 11 is 0. The average molecular weight is 467 g/mol. The van der Waals surface area contributed by atoms with Crippen LogP contribution >= 0.6 is 0 Å². The summed E-state index contributed by atoms with van der Waals surface area (Å²) in [5.74, 6) is 0.596. The number of benzene rings is 1. The zero-order chi connectivity index (χ0) is 24.3. The van der Waals surface area contributed by atoms with E-state index in [0.29, 0.717) is 18.2 Å². The van der Waals surface area contributed by atoms with E-state index in [-0.39, 0.29) is 29.4 Å². The molecule has 0 aliphatic carbocycles. The lowest BCUT2D eigenvalue weighted by atomic mass is 9.83. The van der Waals surface area contributed by atoms with Crippen molar-refractivity contribution in [1.82, 2.24) is 19.6 Å². The summed E-state index contributed by atoms with van der Waals surface area (Å²) in [6.07, 6.45) is 5.98. The maximum atomic E-state index is 13.2. The summed E-state index contributed by atoms with van der Waals surface area (Å²) in [6.45, 7) is 6.29. The van der Waals surface area contributed by atoms with Crippen LogP contribution < -0.4 is 0 Å². The van der Waals surface area contributed by atoms with Crippen molar-refractivity contribution < 1.29 is 14.3 Å². The maximum absolute atomic E-state index is 13.2. The molecule has 2 aromatic rings. The van der Waals surface area contributed by atoms with E-state index in [0.717, 1.165) is 45.2 Å². The molecule has 2 aliphatic heterocycles. The summed E-state index contributed by atoms with van der Waals surface area (Å²) < 4.78 is 7.47. The minimum Gasteiger partial charge on any atom is -0.376 e. The number of hydrogen-bond acceptors (Lipinski definition) is 4. The van der Waals surface area contributed by atoms with E-state index in [1.807, 2.05) is 42.1 Å². The second-order valence-corrected chi connectivity index (χ2v) is 10.5. The van der Waals surface area contributed by atoms with Gasteiger partial charge in [0.25, 0.3) is 5.91 Å². The monoisotopic (exact) mass is 466 g/mol. The van der Waals surface area contributed by atoms with Crippen LogP contribution in [0.1, 0.15) is 55.6 Å². The topological polar surface area (TPSA) is 67.7 Å². The van der Waals surface area contributed by atoms with Crippen LogP contribution in [0.5, 0.6) is 0 Å². The molecule has 4 rings (SSSR count). The van der Waals surface area contributed by atoms with E-state index in [1.54, 1.807) is 16.9 Å². The molecule has 0 N–H and O–H groups in total. The highest BCUT2D eigenvalue weighted by Crippen LogP contribution is 2.32. The fourth-order valence-corrected chi connectivity index (χ4v) is 5.54. The Balaban J connectivity index is 1.44. The van der Waals surface area contributed by atoms with Crippen LogP contribution in [0.3, 0.4) is 0 Å². The van der Waals surface area contributed by atoms with Crippen LogP contribution in [-0.2, 0) is 23.0 Å². The van der Waals surface area contributed by atoms with E-state index >= 15 is 0 Å². The van der Waals surface area contributed by atoms with Gasteiger partial charge in [0.05, 0.1) is 5.60 Å². The second-order valence-electron chi connectivity index (χ2n) is 10.5. The minimum absolute atomic E-state index is 0.0498. The van der Waals surface area contributed by atoms with Crippen LogP contribution in [0.2, 0.25) is 0 Å². The van der Waals surface area contributed by atoms with Crippen LogP contribution in [0.15, 0.2) is 42.6 Å². The highest BCUT2D eigenvalue weighted by atomic mass is 16.5. The van der Waals surface area contributed by atoms with Gasteiger partial charge in [-0.3, -0.25) is 14.3 Å². The van der Waals surface area contributed by atoms with Gasteiger partial charge in [-0.25, -0.2) is 0 Å². The number of hydrogen-bond donors (Lipinski definition) is 0. The number of nitrogens with zero attached hydrogens (tertiary/aromatic N) is 4. The lowest BCUT2D eigenvalue weighted by Crippen LogP contribution is -2.50. The van der Waals surface area contributed by atoms with Gasteiger partial charge >= 0.3 is 0 Å². The standard InChI is InChI=1S/C27H38N4O3/c1-27(2)19-22(13-17-34-27)25(32)31-15-10-21(11-16-31)24(18-20-8-6-5-7-9-20)30(4)26(33)23-12-14-29(3)28-23/h5-9,12,14,21-22,24H,10-11,13,15-19H2,1-4H3/t22-,24-/m0/s1. The first-order chi connectivity index (χ1) is 16.2. The quantitative estimate of drug-likeness (QED) is 0.653. The molecule has 2 fully saturated rings. The smallest absolute Gasteiger partial charge is 0.274 e. The molecule has 34 heavy (non-hydrogen) atoms. The minimum atomic E-state index is -0.230. The fraction of sp³-hybridized carbons (Fsp3) is 0.593. The summed E-state index contributed by atoms with van der Waals surface area (Å²) in [4.78, 5) is 30.4. The Labute approximate surface area is 203 Å². The average Bonchev–Trinajstić information content (AvgIpc) is 3.27. The molecule has 2 amide bonds. The van der Waals surface area contributed by atoms with Gasteiger partial charge in [-0.05, 0) is 63.5 Å². The molecule has 1 aromatic carbocycles. The van der Waals surface area contributed by atoms with Crippen molar-refractivity contribution in [2.24, 2.45) is 18.9 Å². The van der Waals surface area contributed by atoms with E-state index in [9.17, 15) is 9.59 Å². The molecule has 3 heterocycles. The Kier molecular flexibility index (Phi) is 7.41. The van der Waals surface area contributed by atoms with E-state index in [1.165, 1.54) is 5.56 Å². The van der Waals surface area contributed by atoms with Crippen molar-refractivity contribution in [2.45, 2.75) is 57.6 Å². The lowest BCUT2D eigenvalue weighted by Gasteiger charge is -2.42. The Bertz CT molecular complexity index is 979. The molecule has 0 spiro atoms. The summed E-state index contributed by atoms with van der Waals surface area (Å²) in [5.41, 5.74) is 1.46. The highest BCUT2D eigenvalue weighted by molar-refractivity contribution is 5.92. The van der Waals surface area contributed by atoms with Gasteiger partial charge in [0.1, 0.15) is 5.69 Å². The largest absolute Gasteiger partial charge is 0.376 e. The summed E-state index contributed by atoms with van der Waals surface area (Å²) in [6, 6.07) is 12.2. The number of ether oxygens (including phenoxy) is 1. The molecular formula is C27H38N4O3. The summed E-state index contributed by atoms with van der Waals surface area (Å²) in [5, 5.41) is 4.33. The third-order valence-corrected chi connectivity index (χ3v) is 7.48. The molecule has 7 heteroatoms. The highest BCUT2D eigenvalue weighted by Gasteiger charge is 2.38. The Morgan fingerprint density at radius 2 is 1.85 bits per heavy atom. The Hall–Kier alpha value is -2.67. The number of likely N-dealkylation sites (N-methyl/N-ethyl adjacent to an activating group) is 1. The zero-order valence-electron chi connectivity index (χ0n) is 20.9. The van der Waals surface area contributed by atoms with Gasteiger partial charge in [-0.2, -0.15) is 5.10 Å². The number of likely N-dealkylation sites (tertiary alicyclic amines) is 1. The van der Waals surface area contributed by atoms with Gasteiger partial charge in [0, 0.05) is 51.9 Å². The number of amides is 2. The van der Waals surface area contributed by atoms with E-state index in [4.69, 9.17) is 4.74 Å². The molecule has 2 aliphatic rings. The van der Waals surface area contributed by atoms with Crippen molar-refractivity contribution in [2.75, 3.05) is 26.7 Å². The third-order valence-electron chi connectivity index (χ3n) is 7.48. The molecular weight excluding hydrogens is 428 g/mol. The predicted octanol–water partition coefficient (Wildman–Crippen LogP) is 3.55. The van der Waals surface area contributed by atoms with Crippen LogP contribution in [-0.4, -0.2) is 69.8 Å². The van der Waals surface area contributed by atoms with E-state index < -0.39 is 0 Å². The first kappa shape index (κ1) is 24.5. The molecule has 0 radical (unpaired) electrons. The normalized spacial score (nSPS) is 21.8. The first-order valence-corrected chi connectivity index (χ1v) is 12.5. The van der Waals surface area contributed by atoms with Crippen molar-refractivity contribution in [3.05, 3.63) is 53.9 Å². The van der Waals surface area contributed by atoms with Crippen molar-refractivity contribution in [3.63, 3.8) is 0 Å². The number of aryl methyl sites for hydroxylation is 1. The molecule has 0 bridgehead atoms. The maximum Gasteiger partial charge on any atom is 0.274 e. The number of aromatic nitrogens is 2. The van der Waals surface area contributed by atoms with Gasteiger partial charge in [0.2, 0.25) is 5.91 Å². The van der Waals surface area contributed by atoms with Gasteiger partial charge in [-0.1, -0.05) is 30.3 Å². The third kappa shape index (κ3) is 5.69. The SMILES string of the molecule is CN(C(=O)c1ccn(C)n1)[C@@H](Cc1ccccc1)C1CCN(C(=O)[C@H]2CCOC(C)(C)C2)CC1. The van der Waals surface area contributed by atoms with Gasteiger partial charge in [-0.15, -0.1) is 0 Å². The first-order valence-electron chi connectivity index (χ1n) is 12.5. The molecule has 1 aromatic heterocycles. The number of rotatable bonds is 6. The second kappa shape index (κ2) is 10.3. The van der Waals surface area contributed by atoms with Crippen LogP contribution in [0.25, 0.3) is 0 Å². The van der Waals surface area contributed by atoms with Gasteiger partial charge < -0.3 is 14.5 Å². The number of piperidine rings is 1. The molecule has 184 valence electrons. The van der Waals surface area contributed by atoms with Gasteiger partial charge in [0.15, 0.2) is 0 Å². The molecule has 2 atom stereocenters. The van der Waals surface area contributed by atoms with Crippen molar-refractivity contribution in [1.29, 1.82) is 0 Å². The van der Waals surface area contributed by atoms with Crippen molar-refractivity contribution >= 4 is 11.8 Å². The number of carbonyl (C=O) groups is 2. The lowest BCUT2D eigenvalue weighted by molar-refractivity contribution is -0.147. The zero-order valence-corrected chi connectivity index (χ0v) is 20.9. The molecule has 2 saturated heterocycles. The van der Waals surface area contributed by atoms with E-state index in [2.05, 4.69) is 31.1 Å². The Morgan fingerprint density at radius 3 is 2.47 bits per heavy atom. The molecule has 7 nitrogen and oxygen atoms in total. The fourth-order valence-electron chi connectivity index (χ4n) is 5.54. The van der Waals surface area contributed by atoms with Crippen LogP contribution in [0.4, 0.5) is 0 Å². The predicted molar refractivity (Wildman–Crippen MR) is 131 cm³/mol.